The molecule has 3 N–H and O–H groups in total. The highest BCUT2D eigenvalue weighted by Crippen LogP contribution is 2.06. The van der Waals surface area contributed by atoms with Gasteiger partial charge in [-0.25, -0.2) is 0 Å². The zero-order chi connectivity index (χ0) is 11.8. The Balaban J connectivity index is 2.17. The number of hydrogen-bond donors (Lipinski definition) is 2. The lowest BCUT2D eigenvalue weighted by Gasteiger charge is -2.20. The van der Waals surface area contributed by atoms with Crippen LogP contribution in [-0.2, 0) is 4.79 Å². The van der Waals surface area contributed by atoms with E-state index in [-0.39, 0.29) is 11.9 Å². The third kappa shape index (κ3) is 5.18. The number of amides is 1. The third-order valence-corrected chi connectivity index (χ3v) is 3.89. The Bertz CT molecular complexity index is 205. The predicted molar refractivity (Wildman–Crippen MR) is 69.7 cm³/mol. The van der Waals surface area contributed by atoms with Crippen LogP contribution in [0.3, 0.4) is 0 Å². The summed E-state index contributed by atoms with van der Waals surface area (Å²) < 4.78 is 0. The second-order valence-electron chi connectivity index (χ2n) is 4.17. The number of hydrogen-bond acceptors (Lipinski definition) is 4. The van der Waals surface area contributed by atoms with Gasteiger partial charge in [-0.3, -0.25) is 4.79 Å². The van der Waals surface area contributed by atoms with Crippen molar-refractivity contribution in [1.29, 1.82) is 0 Å². The molecule has 5 heteroatoms. The largest absolute Gasteiger partial charge is 0.341 e. The zero-order valence-corrected chi connectivity index (χ0v) is 10.9. The average molecular weight is 245 g/mol. The molecule has 0 saturated carbocycles. The second kappa shape index (κ2) is 7.92. The molecule has 1 fully saturated rings. The van der Waals surface area contributed by atoms with Gasteiger partial charge in [0.25, 0.3) is 0 Å². The average Bonchev–Trinajstić information content (AvgIpc) is 2.57. The fourth-order valence-electron chi connectivity index (χ4n) is 1.60. The Morgan fingerprint density at radius 3 is 3.06 bits per heavy atom. The van der Waals surface area contributed by atoms with Crippen molar-refractivity contribution < 1.29 is 4.79 Å². The number of rotatable bonds is 5. The smallest absolute Gasteiger partial charge is 0.232 e. The normalized spacial score (nSPS) is 19.2. The molecule has 1 amide bonds. The van der Waals surface area contributed by atoms with Crippen molar-refractivity contribution >= 4 is 17.7 Å². The lowest BCUT2D eigenvalue weighted by molar-refractivity contribution is -0.128. The van der Waals surface area contributed by atoms with Gasteiger partial charge in [-0.1, -0.05) is 6.92 Å². The van der Waals surface area contributed by atoms with Crippen LogP contribution < -0.4 is 11.1 Å². The summed E-state index contributed by atoms with van der Waals surface area (Å²) in [6.45, 7) is 5.77. The van der Waals surface area contributed by atoms with Crippen molar-refractivity contribution in [3.05, 3.63) is 0 Å². The van der Waals surface area contributed by atoms with E-state index in [1.165, 1.54) is 0 Å². The van der Waals surface area contributed by atoms with Crippen LogP contribution in [0.1, 0.15) is 19.8 Å². The molecule has 4 nitrogen and oxygen atoms in total. The summed E-state index contributed by atoms with van der Waals surface area (Å²) in [5.41, 5.74) is 5.81. The molecule has 0 aliphatic carbocycles. The molecule has 94 valence electrons. The van der Waals surface area contributed by atoms with Crippen LogP contribution in [0.15, 0.2) is 0 Å². The maximum Gasteiger partial charge on any atom is 0.232 e. The monoisotopic (exact) mass is 245 g/mol. The standard InChI is InChI=1S/C11H23N3OS/c1-2-10(12)8-16-9-11(15)14-6-3-4-13-5-7-14/h10,13H,2-9,12H2,1H3. The molecular formula is C11H23N3OS. The minimum absolute atomic E-state index is 0.226. The van der Waals surface area contributed by atoms with E-state index < -0.39 is 0 Å². The van der Waals surface area contributed by atoms with Gasteiger partial charge >= 0.3 is 0 Å². The fourth-order valence-corrected chi connectivity index (χ4v) is 2.62. The first-order valence-electron chi connectivity index (χ1n) is 6.06. The van der Waals surface area contributed by atoms with Crippen LogP contribution in [0.25, 0.3) is 0 Å². The van der Waals surface area contributed by atoms with Gasteiger partial charge in [0.15, 0.2) is 0 Å². The second-order valence-corrected chi connectivity index (χ2v) is 5.20. The Hall–Kier alpha value is -0.260. The van der Waals surface area contributed by atoms with Gasteiger partial charge in [0.2, 0.25) is 5.91 Å². The maximum absolute atomic E-state index is 11.9. The van der Waals surface area contributed by atoms with Crippen LogP contribution in [0.2, 0.25) is 0 Å². The van der Waals surface area contributed by atoms with Crippen molar-refractivity contribution in [2.24, 2.45) is 5.73 Å². The van der Waals surface area contributed by atoms with Crippen LogP contribution in [-0.4, -0.2) is 54.5 Å². The number of nitrogens with zero attached hydrogens (tertiary/aromatic N) is 1. The van der Waals surface area contributed by atoms with Gasteiger partial charge < -0.3 is 16.0 Å². The Labute approximate surface area is 102 Å². The summed E-state index contributed by atoms with van der Waals surface area (Å²) in [6, 6.07) is 0.226. The molecule has 1 rings (SSSR count). The quantitative estimate of drug-likeness (QED) is 0.730. The fraction of sp³-hybridized carbons (Fsp3) is 0.909. The van der Waals surface area contributed by atoms with E-state index in [9.17, 15) is 4.79 Å². The van der Waals surface area contributed by atoms with Gasteiger partial charge in [0.1, 0.15) is 0 Å². The van der Waals surface area contributed by atoms with Gasteiger partial charge in [0, 0.05) is 31.4 Å². The predicted octanol–water partition coefficient (Wildman–Crippen LogP) is 0.279. The van der Waals surface area contributed by atoms with E-state index >= 15 is 0 Å². The van der Waals surface area contributed by atoms with E-state index in [0.717, 1.165) is 44.8 Å². The highest BCUT2D eigenvalue weighted by atomic mass is 32.2. The first-order valence-corrected chi connectivity index (χ1v) is 7.21. The summed E-state index contributed by atoms with van der Waals surface area (Å²) in [5.74, 6) is 1.72. The molecule has 1 saturated heterocycles. The zero-order valence-electron chi connectivity index (χ0n) is 10.1. The van der Waals surface area contributed by atoms with Crippen LogP contribution in [0, 0.1) is 0 Å². The van der Waals surface area contributed by atoms with E-state index in [2.05, 4.69) is 12.2 Å². The van der Waals surface area contributed by atoms with Crippen LogP contribution in [0.5, 0.6) is 0 Å². The highest BCUT2D eigenvalue weighted by molar-refractivity contribution is 7.99. The molecule has 0 radical (unpaired) electrons. The van der Waals surface area contributed by atoms with Gasteiger partial charge in [-0.2, -0.15) is 11.8 Å². The van der Waals surface area contributed by atoms with Gasteiger partial charge in [-0.15, -0.1) is 0 Å². The summed E-state index contributed by atoms with van der Waals surface area (Å²) in [7, 11) is 0. The van der Waals surface area contributed by atoms with E-state index in [1.54, 1.807) is 11.8 Å². The molecule has 16 heavy (non-hydrogen) atoms. The molecule has 0 aromatic carbocycles. The summed E-state index contributed by atoms with van der Waals surface area (Å²) in [4.78, 5) is 13.8. The first-order chi connectivity index (χ1) is 7.74. The summed E-state index contributed by atoms with van der Waals surface area (Å²) >= 11 is 1.66. The molecule has 0 aromatic heterocycles. The topological polar surface area (TPSA) is 58.4 Å². The maximum atomic E-state index is 11.9. The van der Waals surface area contributed by atoms with Crippen molar-refractivity contribution in [2.75, 3.05) is 37.7 Å². The van der Waals surface area contributed by atoms with E-state index in [1.807, 2.05) is 4.90 Å². The molecular weight excluding hydrogens is 222 g/mol. The Morgan fingerprint density at radius 1 is 1.50 bits per heavy atom. The van der Waals surface area contributed by atoms with E-state index in [4.69, 9.17) is 5.73 Å². The lowest BCUT2D eigenvalue weighted by atomic mass is 10.3. The number of thioether (sulfide) groups is 1. The van der Waals surface area contributed by atoms with E-state index in [0.29, 0.717) is 5.75 Å². The Morgan fingerprint density at radius 2 is 2.31 bits per heavy atom. The number of nitrogens with two attached hydrogens (primary N) is 1. The molecule has 1 aliphatic rings. The SMILES string of the molecule is CCC(N)CSCC(=O)N1CCCNCC1. The molecule has 1 atom stereocenters. The van der Waals surface area contributed by atoms with Crippen LogP contribution in [0.4, 0.5) is 0 Å². The molecule has 1 aliphatic heterocycles. The Kier molecular flexibility index (Phi) is 6.84. The minimum atomic E-state index is 0.226. The summed E-state index contributed by atoms with van der Waals surface area (Å²) in [6.07, 6.45) is 2.04. The molecule has 0 spiro atoms. The number of carbonyl (C=O) groups is 1. The number of nitrogens with one attached hydrogen (secondary N) is 1. The van der Waals surface area contributed by atoms with Gasteiger partial charge in [-0.05, 0) is 19.4 Å². The first kappa shape index (κ1) is 13.8. The minimum Gasteiger partial charge on any atom is -0.341 e. The van der Waals surface area contributed by atoms with Gasteiger partial charge in [0.05, 0.1) is 5.75 Å². The van der Waals surface area contributed by atoms with Crippen molar-refractivity contribution in [3.63, 3.8) is 0 Å². The van der Waals surface area contributed by atoms with Crippen LogP contribution >= 0.6 is 11.8 Å². The third-order valence-electron chi connectivity index (χ3n) is 2.77. The van der Waals surface area contributed by atoms with Crippen molar-refractivity contribution in [2.45, 2.75) is 25.8 Å². The number of carbonyl (C=O) groups excluding carboxylic acids is 1. The molecule has 0 bridgehead atoms. The van der Waals surface area contributed by atoms with Crippen molar-refractivity contribution in [3.8, 4) is 0 Å². The van der Waals surface area contributed by atoms with Crippen molar-refractivity contribution in [1.82, 2.24) is 10.2 Å². The molecule has 0 aromatic rings. The highest BCUT2D eigenvalue weighted by Gasteiger charge is 2.15. The molecule has 1 unspecified atom stereocenters. The molecule has 1 heterocycles. The summed E-state index contributed by atoms with van der Waals surface area (Å²) in [5, 5.41) is 3.29. The lowest BCUT2D eigenvalue weighted by Crippen LogP contribution is -2.35.